The number of hydrogen-bond donors (Lipinski definition) is 1. The SMILES string of the molecule is COc1ccc(/C=C/C(=O)Nc2ccc(-c3csc(-c4ccc(Cl)cc4)n3)cc2)cc1OC. The first-order valence-corrected chi connectivity index (χ1v) is 11.3. The van der Waals surface area contributed by atoms with Crippen molar-refractivity contribution in [2.24, 2.45) is 0 Å². The number of methoxy groups -OCH3 is 2. The molecule has 1 aromatic heterocycles. The average molecular weight is 477 g/mol. The van der Waals surface area contributed by atoms with Crippen molar-refractivity contribution in [1.29, 1.82) is 0 Å². The minimum Gasteiger partial charge on any atom is -0.493 e. The molecule has 0 atom stereocenters. The zero-order valence-corrected chi connectivity index (χ0v) is 19.6. The second kappa shape index (κ2) is 10.3. The zero-order valence-electron chi connectivity index (χ0n) is 18.0. The Bertz CT molecular complexity index is 1280. The second-order valence-corrected chi connectivity index (χ2v) is 8.35. The van der Waals surface area contributed by atoms with Gasteiger partial charge in [-0.15, -0.1) is 11.3 Å². The van der Waals surface area contributed by atoms with Gasteiger partial charge in [0.2, 0.25) is 5.91 Å². The van der Waals surface area contributed by atoms with Crippen LogP contribution in [0, 0.1) is 0 Å². The van der Waals surface area contributed by atoms with Gasteiger partial charge in [0, 0.05) is 33.3 Å². The smallest absolute Gasteiger partial charge is 0.248 e. The number of nitrogens with one attached hydrogen (secondary N) is 1. The van der Waals surface area contributed by atoms with Crippen LogP contribution >= 0.6 is 22.9 Å². The molecule has 1 heterocycles. The number of rotatable bonds is 7. The quantitative estimate of drug-likeness (QED) is 0.298. The molecule has 5 nitrogen and oxygen atoms in total. The number of carbonyl (C=O) groups is 1. The number of thiazole rings is 1. The average Bonchev–Trinajstić information content (AvgIpc) is 3.34. The van der Waals surface area contributed by atoms with Crippen molar-refractivity contribution in [3.05, 3.63) is 88.8 Å². The van der Waals surface area contributed by atoms with Gasteiger partial charge < -0.3 is 14.8 Å². The molecule has 4 aromatic rings. The Balaban J connectivity index is 1.40. The number of anilines is 1. The summed E-state index contributed by atoms with van der Waals surface area (Å²) in [5.41, 5.74) is 4.43. The van der Waals surface area contributed by atoms with E-state index in [-0.39, 0.29) is 5.91 Å². The van der Waals surface area contributed by atoms with E-state index in [0.717, 1.165) is 27.4 Å². The van der Waals surface area contributed by atoms with E-state index in [0.29, 0.717) is 22.2 Å². The number of carbonyl (C=O) groups excluding carboxylic acids is 1. The molecule has 0 saturated heterocycles. The molecule has 1 N–H and O–H groups in total. The molecule has 166 valence electrons. The first-order valence-electron chi connectivity index (χ1n) is 10.1. The third kappa shape index (κ3) is 5.61. The Morgan fingerprint density at radius 2 is 1.64 bits per heavy atom. The summed E-state index contributed by atoms with van der Waals surface area (Å²) in [6.45, 7) is 0. The second-order valence-electron chi connectivity index (χ2n) is 7.06. The fourth-order valence-corrected chi connectivity index (χ4v) is 4.13. The molecule has 0 radical (unpaired) electrons. The number of hydrogen-bond acceptors (Lipinski definition) is 5. The van der Waals surface area contributed by atoms with Crippen molar-refractivity contribution in [1.82, 2.24) is 4.98 Å². The minimum atomic E-state index is -0.226. The molecule has 0 aliphatic rings. The number of halogens is 1. The topological polar surface area (TPSA) is 60.5 Å². The number of nitrogens with zero attached hydrogens (tertiary/aromatic N) is 1. The van der Waals surface area contributed by atoms with Crippen LogP contribution in [0.25, 0.3) is 27.9 Å². The van der Waals surface area contributed by atoms with E-state index >= 15 is 0 Å². The van der Waals surface area contributed by atoms with E-state index in [1.807, 2.05) is 66.0 Å². The summed E-state index contributed by atoms with van der Waals surface area (Å²) in [4.78, 5) is 17.0. The Kier molecular flexibility index (Phi) is 7.07. The van der Waals surface area contributed by atoms with Gasteiger partial charge in [-0.05, 0) is 48.0 Å². The predicted molar refractivity (Wildman–Crippen MR) is 135 cm³/mol. The van der Waals surface area contributed by atoms with Gasteiger partial charge in [-0.25, -0.2) is 4.98 Å². The fourth-order valence-electron chi connectivity index (χ4n) is 3.17. The third-order valence-electron chi connectivity index (χ3n) is 4.88. The predicted octanol–water partition coefficient (Wildman–Crippen LogP) is 6.80. The van der Waals surface area contributed by atoms with Gasteiger partial charge >= 0.3 is 0 Å². The number of amides is 1. The maximum Gasteiger partial charge on any atom is 0.248 e. The van der Waals surface area contributed by atoms with Crippen molar-refractivity contribution in [2.75, 3.05) is 19.5 Å². The maximum atomic E-state index is 12.3. The Labute approximate surface area is 201 Å². The van der Waals surface area contributed by atoms with Gasteiger partial charge in [0.15, 0.2) is 11.5 Å². The molecule has 0 aliphatic heterocycles. The summed E-state index contributed by atoms with van der Waals surface area (Å²) >= 11 is 7.54. The van der Waals surface area contributed by atoms with Crippen LogP contribution in [0.5, 0.6) is 11.5 Å². The van der Waals surface area contributed by atoms with Crippen LogP contribution in [-0.2, 0) is 4.79 Å². The van der Waals surface area contributed by atoms with Crippen LogP contribution in [-0.4, -0.2) is 25.1 Å². The van der Waals surface area contributed by atoms with E-state index in [1.54, 1.807) is 37.7 Å². The Hall–Kier alpha value is -3.61. The molecular weight excluding hydrogens is 456 g/mol. The Morgan fingerprint density at radius 3 is 2.33 bits per heavy atom. The van der Waals surface area contributed by atoms with E-state index in [2.05, 4.69) is 5.32 Å². The highest BCUT2D eigenvalue weighted by Crippen LogP contribution is 2.30. The lowest BCUT2D eigenvalue weighted by Gasteiger charge is -2.07. The van der Waals surface area contributed by atoms with Crippen molar-refractivity contribution in [3.8, 4) is 33.3 Å². The molecule has 4 rings (SSSR count). The highest BCUT2D eigenvalue weighted by molar-refractivity contribution is 7.13. The normalized spacial score (nSPS) is 10.9. The summed E-state index contributed by atoms with van der Waals surface area (Å²) in [7, 11) is 3.16. The molecule has 0 fully saturated rings. The van der Waals surface area contributed by atoms with Gasteiger partial charge in [0.05, 0.1) is 19.9 Å². The summed E-state index contributed by atoms with van der Waals surface area (Å²) < 4.78 is 10.5. The molecule has 3 aromatic carbocycles. The Morgan fingerprint density at radius 1 is 0.939 bits per heavy atom. The van der Waals surface area contributed by atoms with Gasteiger partial charge in [-0.3, -0.25) is 4.79 Å². The number of aromatic nitrogens is 1. The van der Waals surface area contributed by atoms with Crippen LogP contribution < -0.4 is 14.8 Å². The first-order chi connectivity index (χ1) is 16.1. The molecule has 1 amide bonds. The highest BCUT2D eigenvalue weighted by atomic mass is 35.5. The van der Waals surface area contributed by atoms with Crippen molar-refractivity contribution >= 4 is 40.6 Å². The van der Waals surface area contributed by atoms with E-state index < -0.39 is 0 Å². The lowest BCUT2D eigenvalue weighted by atomic mass is 10.1. The molecule has 0 aliphatic carbocycles. The standard InChI is InChI=1S/C26H21ClN2O3S/c1-31-23-13-3-17(15-24(23)32-2)4-14-25(30)28-21-11-7-18(8-12-21)22-16-33-26(29-22)19-5-9-20(27)10-6-19/h3-16H,1-2H3,(H,28,30)/b14-4+. The third-order valence-corrected chi connectivity index (χ3v) is 6.02. The van der Waals surface area contributed by atoms with Crippen LogP contribution in [0.3, 0.4) is 0 Å². The summed E-state index contributed by atoms with van der Waals surface area (Å²) in [5, 5.41) is 6.51. The summed E-state index contributed by atoms with van der Waals surface area (Å²) in [6, 6.07) is 20.7. The zero-order chi connectivity index (χ0) is 23.2. The molecular formula is C26H21ClN2O3S. The van der Waals surface area contributed by atoms with Crippen LogP contribution in [0.4, 0.5) is 5.69 Å². The van der Waals surface area contributed by atoms with Crippen molar-refractivity contribution < 1.29 is 14.3 Å². The molecule has 0 saturated carbocycles. The van der Waals surface area contributed by atoms with E-state index in [1.165, 1.54) is 6.08 Å². The minimum absolute atomic E-state index is 0.226. The van der Waals surface area contributed by atoms with Crippen molar-refractivity contribution in [2.45, 2.75) is 0 Å². The molecule has 0 unspecified atom stereocenters. The van der Waals surface area contributed by atoms with Crippen LogP contribution in [0.1, 0.15) is 5.56 Å². The van der Waals surface area contributed by atoms with E-state index in [9.17, 15) is 4.79 Å². The van der Waals surface area contributed by atoms with Crippen LogP contribution in [0.2, 0.25) is 5.02 Å². The molecule has 7 heteroatoms. The van der Waals surface area contributed by atoms with Gasteiger partial charge in [0.25, 0.3) is 0 Å². The van der Waals surface area contributed by atoms with Crippen molar-refractivity contribution in [3.63, 3.8) is 0 Å². The fraction of sp³-hybridized carbons (Fsp3) is 0.0769. The molecule has 0 spiro atoms. The van der Waals surface area contributed by atoms with Gasteiger partial charge in [0.1, 0.15) is 5.01 Å². The summed E-state index contributed by atoms with van der Waals surface area (Å²) in [6.07, 6.45) is 3.20. The van der Waals surface area contributed by atoms with Crippen LogP contribution in [0.15, 0.2) is 78.2 Å². The highest BCUT2D eigenvalue weighted by Gasteiger charge is 2.08. The number of ether oxygens (including phenoxy) is 2. The first kappa shape index (κ1) is 22.6. The number of benzene rings is 3. The van der Waals surface area contributed by atoms with E-state index in [4.69, 9.17) is 26.1 Å². The monoisotopic (exact) mass is 476 g/mol. The molecule has 0 bridgehead atoms. The maximum absolute atomic E-state index is 12.3. The summed E-state index contributed by atoms with van der Waals surface area (Å²) in [5.74, 6) is 1.02. The lowest BCUT2D eigenvalue weighted by molar-refractivity contribution is -0.111. The van der Waals surface area contributed by atoms with Gasteiger partial charge in [-0.2, -0.15) is 0 Å². The van der Waals surface area contributed by atoms with Gasteiger partial charge in [-0.1, -0.05) is 41.9 Å². The lowest BCUT2D eigenvalue weighted by Crippen LogP contribution is -2.07. The molecule has 33 heavy (non-hydrogen) atoms. The largest absolute Gasteiger partial charge is 0.493 e.